The third kappa shape index (κ3) is 4.00. The van der Waals surface area contributed by atoms with Crippen molar-refractivity contribution in [3.8, 4) is 0 Å². The monoisotopic (exact) mass is 355 g/mol. The van der Waals surface area contributed by atoms with Crippen LogP contribution in [0.5, 0.6) is 0 Å². The van der Waals surface area contributed by atoms with Crippen molar-refractivity contribution in [2.24, 2.45) is 5.41 Å². The SMILES string of the molecule is COCC1CC2(CCN(Cc3ccco3)CC2)CN1Cc1cccnc1. The van der Waals surface area contributed by atoms with Gasteiger partial charge in [0.05, 0.1) is 19.4 Å². The van der Waals surface area contributed by atoms with Crippen LogP contribution in [-0.2, 0) is 17.8 Å². The first-order chi connectivity index (χ1) is 12.8. The second kappa shape index (κ2) is 7.91. The predicted octanol–water partition coefficient (Wildman–Crippen LogP) is 3.18. The normalized spacial score (nSPS) is 23.7. The standard InChI is InChI=1S/C21H29N3O2/c1-25-16-19-12-21(17-24(19)14-18-4-2-8-22-13-18)6-9-23(10-7-21)15-20-5-3-11-26-20/h2-5,8,11,13,19H,6-7,9-10,12,14-17H2,1H3. The second-order valence-electron chi connectivity index (χ2n) is 7.94. The highest BCUT2D eigenvalue weighted by molar-refractivity contribution is 5.10. The molecule has 4 heterocycles. The minimum Gasteiger partial charge on any atom is -0.468 e. The van der Waals surface area contributed by atoms with Gasteiger partial charge in [-0.3, -0.25) is 14.8 Å². The van der Waals surface area contributed by atoms with E-state index in [2.05, 4.69) is 26.9 Å². The van der Waals surface area contributed by atoms with Crippen molar-refractivity contribution in [1.29, 1.82) is 0 Å². The van der Waals surface area contributed by atoms with Gasteiger partial charge in [-0.05, 0) is 61.5 Å². The Balaban J connectivity index is 1.38. The first kappa shape index (κ1) is 17.7. The minimum absolute atomic E-state index is 0.436. The molecule has 26 heavy (non-hydrogen) atoms. The highest BCUT2D eigenvalue weighted by atomic mass is 16.5. The molecule has 2 aliphatic rings. The average Bonchev–Trinajstić information content (AvgIpc) is 3.27. The lowest BCUT2D eigenvalue weighted by molar-refractivity contribution is 0.0966. The van der Waals surface area contributed by atoms with E-state index in [9.17, 15) is 0 Å². The van der Waals surface area contributed by atoms with Crippen LogP contribution in [0.4, 0.5) is 0 Å². The Bertz CT molecular complexity index is 666. The molecular weight excluding hydrogens is 326 g/mol. The van der Waals surface area contributed by atoms with Gasteiger partial charge in [0, 0.05) is 38.6 Å². The number of pyridine rings is 1. The summed E-state index contributed by atoms with van der Waals surface area (Å²) in [6.45, 7) is 6.20. The zero-order chi connectivity index (χ0) is 17.8. The topological polar surface area (TPSA) is 41.7 Å². The highest BCUT2D eigenvalue weighted by Gasteiger charge is 2.45. The zero-order valence-electron chi connectivity index (χ0n) is 15.6. The fourth-order valence-corrected chi connectivity index (χ4v) is 4.69. The summed E-state index contributed by atoms with van der Waals surface area (Å²) in [6, 6.07) is 8.76. The van der Waals surface area contributed by atoms with Crippen LogP contribution >= 0.6 is 0 Å². The molecule has 0 radical (unpaired) electrons. The van der Waals surface area contributed by atoms with Gasteiger partial charge in [0.1, 0.15) is 5.76 Å². The van der Waals surface area contributed by atoms with Crippen LogP contribution in [0.15, 0.2) is 47.3 Å². The van der Waals surface area contributed by atoms with Gasteiger partial charge in [-0.1, -0.05) is 6.07 Å². The number of ether oxygens (including phenoxy) is 1. The van der Waals surface area contributed by atoms with Gasteiger partial charge in [0.25, 0.3) is 0 Å². The molecule has 2 fully saturated rings. The summed E-state index contributed by atoms with van der Waals surface area (Å²) in [5.74, 6) is 1.07. The summed E-state index contributed by atoms with van der Waals surface area (Å²) >= 11 is 0. The molecule has 5 nitrogen and oxygen atoms in total. The van der Waals surface area contributed by atoms with Crippen molar-refractivity contribution < 1.29 is 9.15 Å². The molecule has 2 aliphatic heterocycles. The molecule has 1 unspecified atom stereocenters. The number of hydrogen-bond acceptors (Lipinski definition) is 5. The van der Waals surface area contributed by atoms with Gasteiger partial charge in [0.15, 0.2) is 0 Å². The number of methoxy groups -OCH3 is 1. The van der Waals surface area contributed by atoms with Crippen molar-refractivity contribution in [3.05, 3.63) is 54.2 Å². The van der Waals surface area contributed by atoms with Crippen LogP contribution in [0, 0.1) is 5.41 Å². The van der Waals surface area contributed by atoms with E-state index >= 15 is 0 Å². The Morgan fingerprint density at radius 3 is 2.81 bits per heavy atom. The molecule has 2 aromatic heterocycles. The van der Waals surface area contributed by atoms with Crippen molar-refractivity contribution in [2.75, 3.05) is 33.4 Å². The molecule has 2 aromatic rings. The second-order valence-corrected chi connectivity index (χ2v) is 7.94. The molecule has 5 heteroatoms. The molecule has 4 rings (SSSR count). The van der Waals surface area contributed by atoms with E-state index in [1.807, 2.05) is 31.6 Å². The zero-order valence-corrected chi connectivity index (χ0v) is 15.6. The molecule has 0 aromatic carbocycles. The first-order valence-electron chi connectivity index (χ1n) is 9.63. The fourth-order valence-electron chi connectivity index (χ4n) is 4.69. The predicted molar refractivity (Wildman–Crippen MR) is 101 cm³/mol. The number of piperidine rings is 1. The Morgan fingerprint density at radius 2 is 2.12 bits per heavy atom. The van der Waals surface area contributed by atoms with Crippen LogP contribution in [0.2, 0.25) is 0 Å². The lowest BCUT2D eigenvalue weighted by atomic mass is 9.76. The molecule has 0 saturated carbocycles. The molecule has 1 atom stereocenters. The van der Waals surface area contributed by atoms with E-state index in [1.165, 1.54) is 31.4 Å². The lowest BCUT2D eigenvalue weighted by Crippen LogP contribution is -2.41. The maximum atomic E-state index is 5.54. The first-order valence-corrected chi connectivity index (χ1v) is 9.63. The van der Waals surface area contributed by atoms with Crippen LogP contribution < -0.4 is 0 Å². The number of aromatic nitrogens is 1. The molecule has 140 valence electrons. The number of rotatable bonds is 6. The van der Waals surface area contributed by atoms with Crippen LogP contribution in [0.25, 0.3) is 0 Å². The quantitative estimate of drug-likeness (QED) is 0.796. The molecule has 0 bridgehead atoms. The van der Waals surface area contributed by atoms with Crippen molar-refractivity contribution in [2.45, 2.75) is 38.4 Å². The van der Waals surface area contributed by atoms with E-state index in [4.69, 9.17) is 9.15 Å². The highest BCUT2D eigenvalue weighted by Crippen LogP contribution is 2.44. The largest absolute Gasteiger partial charge is 0.468 e. The minimum atomic E-state index is 0.436. The fraction of sp³-hybridized carbons (Fsp3) is 0.571. The van der Waals surface area contributed by atoms with Gasteiger partial charge in [-0.2, -0.15) is 0 Å². The number of furan rings is 1. The Labute approximate surface area is 156 Å². The van der Waals surface area contributed by atoms with Crippen LogP contribution in [0.3, 0.4) is 0 Å². The summed E-state index contributed by atoms with van der Waals surface area (Å²) in [7, 11) is 1.82. The van der Waals surface area contributed by atoms with Crippen molar-refractivity contribution in [1.82, 2.24) is 14.8 Å². The van der Waals surface area contributed by atoms with Gasteiger partial charge in [-0.25, -0.2) is 0 Å². The summed E-state index contributed by atoms with van der Waals surface area (Å²) in [5.41, 5.74) is 1.73. The molecule has 0 aliphatic carbocycles. The maximum absolute atomic E-state index is 5.54. The van der Waals surface area contributed by atoms with Gasteiger partial charge < -0.3 is 9.15 Å². The van der Waals surface area contributed by atoms with Gasteiger partial charge in [0.2, 0.25) is 0 Å². The van der Waals surface area contributed by atoms with Gasteiger partial charge >= 0.3 is 0 Å². The Hall–Kier alpha value is -1.69. The summed E-state index contributed by atoms with van der Waals surface area (Å²) < 4.78 is 11.1. The maximum Gasteiger partial charge on any atom is 0.117 e. The third-order valence-electron chi connectivity index (χ3n) is 6.07. The van der Waals surface area contributed by atoms with Gasteiger partial charge in [-0.15, -0.1) is 0 Å². The van der Waals surface area contributed by atoms with E-state index in [0.29, 0.717) is 11.5 Å². The summed E-state index contributed by atoms with van der Waals surface area (Å²) in [4.78, 5) is 9.41. The Morgan fingerprint density at radius 1 is 1.23 bits per heavy atom. The molecule has 2 saturated heterocycles. The number of nitrogens with zero attached hydrogens (tertiary/aromatic N) is 3. The lowest BCUT2D eigenvalue weighted by Gasteiger charge is -2.39. The summed E-state index contributed by atoms with van der Waals surface area (Å²) in [5, 5.41) is 0. The van der Waals surface area contributed by atoms with Crippen LogP contribution in [-0.4, -0.2) is 54.2 Å². The van der Waals surface area contributed by atoms with E-state index in [-0.39, 0.29) is 0 Å². The van der Waals surface area contributed by atoms with E-state index < -0.39 is 0 Å². The Kier molecular flexibility index (Phi) is 5.38. The van der Waals surface area contributed by atoms with Crippen molar-refractivity contribution >= 4 is 0 Å². The number of hydrogen-bond donors (Lipinski definition) is 0. The van der Waals surface area contributed by atoms with Crippen molar-refractivity contribution in [3.63, 3.8) is 0 Å². The number of likely N-dealkylation sites (tertiary alicyclic amines) is 2. The average molecular weight is 355 g/mol. The molecule has 0 amide bonds. The molecule has 0 N–H and O–H groups in total. The molecule has 1 spiro atoms. The van der Waals surface area contributed by atoms with E-state index in [1.54, 1.807) is 6.26 Å². The molecular formula is C21H29N3O2. The summed E-state index contributed by atoms with van der Waals surface area (Å²) in [6.07, 6.45) is 9.37. The smallest absolute Gasteiger partial charge is 0.117 e. The van der Waals surface area contributed by atoms with Crippen LogP contribution in [0.1, 0.15) is 30.6 Å². The third-order valence-corrected chi connectivity index (χ3v) is 6.07. The van der Waals surface area contributed by atoms with E-state index in [0.717, 1.165) is 38.5 Å².